The quantitative estimate of drug-likeness (QED) is 0.554. The molecule has 26 heavy (non-hydrogen) atoms. The topological polar surface area (TPSA) is 70.8 Å². The smallest absolute Gasteiger partial charge is 0.235 e. The highest BCUT2D eigenvalue weighted by Crippen LogP contribution is 2.36. The molecule has 0 unspecified atom stereocenters. The minimum absolute atomic E-state index is 0.361. The van der Waals surface area contributed by atoms with Crippen LogP contribution in [0.15, 0.2) is 48.5 Å². The van der Waals surface area contributed by atoms with E-state index < -0.39 is 0 Å². The summed E-state index contributed by atoms with van der Waals surface area (Å²) in [7, 11) is 1.65. The van der Waals surface area contributed by atoms with Crippen molar-refractivity contribution in [1.82, 2.24) is 19.8 Å². The molecule has 3 heterocycles. The molecule has 1 aliphatic rings. The molecule has 0 saturated heterocycles. The van der Waals surface area contributed by atoms with Crippen molar-refractivity contribution < 1.29 is 14.2 Å². The van der Waals surface area contributed by atoms with E-state index in [-0.39, 0.29) is 6.10 Å². The zero-order valence-electron chi connectivity index (χ0n) is 13.8. The summed E-state index contributed by atoms with van der Waals surface area (Å²) in [4.78, 5) is 0.709. The highest BCUT2D eigenvalue weighted by molar-refractivity contribution is 7.19. The first-order chi connectivity index (χ1) is 12.8. The molecule has 0 aliphatic carbocycles. The Morgan fingerprint density at radius 1 is 1.12 bits per heavy atom. The maximum atomic E-state index is 6.03. The van der Waals surface area contributed by atoms with E-state index in [2.05, 4.69) is 15.3 Å². The normalized spacial score (nSPS) is 16.0. The van der Waals surface area contributed by atoms with Crippen LogP contribution in [-0.4, -0.2) is 33.5 Å². The van der Waals surface area contributed by atoms with Crippen molar-refractivity contribution in [1.29, 1.82) is 0 Å². The summed E-state index contributed by atoms with van der Waals surface area (Å²) in [5, 5.41) is 14.0. The van der Waals surface area contributed by atoms with E-state index in [9.17, 15) is 0 Å². The van der Waals surface area contributed by atoms with E-state index in [1.165, 1.54) is 11.3 Å². The molecule has 0 saturated carbocycles. The molecule has 2 aromatic heterocycles. The lowest BCUT2D eigenvalue weighted by Gasteiger charge is -2.24. The minimum atomic E-state index is -0.361. The van der Waals surface area contributed by atoms with Crippen LogP contribution in [0.1, 0.15) is 11.9 Å². The Morgan fingerprint density at radius 3 is 2.88 bits per heavy atom. The van der Waals surface area contributed by atoms with E-state index in [1.54, 1.807) is 11.6 Å². The third kappa shape index (κ3) is 2.46. The molecule has 5 rings (SSSR count). The number of hydrogen-bond donors (Lipinski definition) is 0. The van der Waals surface area contributed by atoms with Gasteiger partial charge in [0.2, 0.25) is 4.96 Å². The average Bonchev–Trinajstić information content (AvgIpc) is 3.28. The Balaban J connectivity index is 1.51. The van der Waals surface area contributed by atoms with Crippen molar-refractivity contribution in [3.8, 4) is 27.8 Å². The van der Waals surface area contributed by atoms with Gasteiger partial charge in [-0.2, -0.15) is 9.61 Å². The Bertz CT molecular complexity index is 1090. The summed E-state index contributed by atoms with van der Waals surface area (Å²) < 4.78 is 18.8. The number of para-hydroxylation sites is 2. The van der Waals surface area contributed by atoms with Crippen LogP contribution in [0.5, 0.6) is 17.2 Å². The predicted octanol–water partition coefficient (Wildman–Crippen LogP) is 3.37. The Hall–Kier alpha value is -3.13. The molecule has 0 amide bonds. The maximum absolute atomic E-state index is 6.03. The Kier molecular flexibility index (Phi) is 3.49. The molecule has 1 aliphatic heterocycles. The second-order valence-corrected chi connectivity index (χ2v) is 6.71. The van der Waals surface area contributed by atoms with Gasteiger partial charge in [0.05, 0.1) is 7.11 Å². The number of methoxy groups -OCH3 is 1. The van der Waals surface area contributed by atoms with Crippen molar-refractivity contribution in [2.75, 3.05) is 13.7 Å². The van der Waals surface area contributed by atoms with Gasteiger partial charge >= 0.3 is 0 Å². The number of fused-ring (bicyclic) bond motifs is 2. The monoisotopic (exact) mass is 366 g/mol. The van der Waals surface area contributed by atoms with Gasteiger partial charge in [0, 0.05) is 5.56 Å². The van der Waals surface area contributed by atoms with E-state index in [4.69, 9.17) is 14.2 Å². The summed E-state index contributed by atoms with van der Waals surface area (Å²) in [5.41, 5.74) is 0.969. The molecule has 0 fully saturated rings. The number of ether oxygens (including phenoxy) is 3. The van der Waals surface area contributed by atoms with Crippen molar-refractivity contribution in [2.45, 2.75) is 6.10 Å². The van der Waals surface area contributed by atoms with Gasteiger partial charge in [-0.3, -0.25) is 0 Å². The summed E-state index contributed by atoms with van der Waals surface area (Å²) >= 11 is 1.47. The van der Waals surface area contributed by atoms with Gasteiger partial charge in [0.1, 0.15) is 17.4 Å². The predicted molar refractivity (Wildman–Crippen MR) is 96.0 cm³/mol. The molecule has 0 N–H and O–H groups in total. The molecule has 0 radical (unpaired) electrons. The molecule has 130 valence electrons. The van der Waals surface area contributed by atoms with Crippen molar-refractivity contribution >= 4 is 16.3 Å². The van der Waals surface area contributed by atoms with Gasteiger partial charge in [-0.05, 0) is 24.3 Å². The van der Waals surface area contributed by atoms with Crippen LogP contribution in [0.3, 0.4) is 0 Å². The van der Waals surface area contributed by atoms with Crippen LogP contribution in [0.25, 0.3) is 15.5 Å². The highest BCUT2D eigenvalue weighted by Gasteiger charge is 2.28. The van der Waals surface area contributed by atoms with Crippen LogP contribution in [0, 0.1) is 0 Å². The van der Waals surface area contributed by atoms with Crippen molar-refractivity contribution in [2.24, 2.45) is 0 Å². The zero-order valence-corrected chi connectivity index (χ0v) is 14.6. The van der Waals surface area contributed by atoms with E-state index >= 15 is 0 Å². The highest BCUT2D eigenvalue weighted by atomic mass is 32.1. The lowest BCUT2D eigenvalue weighted by atomic mass is 10.2. The second-order valence-electron chi connectivity index (χ2n) is 5.76. The molecule has 0 bridgehead atoms. The zero-order chi connectivity index (χ0) is 17.5. The van der Waals surface area contributed by atoms with Gasteiger partial charge in [-0.1, -0.05) is 35.6 Å². The molecule has 1 atom stereocenters. The van der Waals surface area contributed by atoms with Crippen LogP contribution in [0.2, 0.25) is 0 Å². The molecule has 7 nitrogen and oxygen atoms in total. The standard InChI is InChI=1S/C18H14N4O3S/c1-23-12-6-4-5-11(9-12)17-21-22-16(19-20-18(22)26-17)15-10-24-13-7-2-3-8-14(13)25-15/h2-9,15H,10H2,1H3/t15-/m1/s1. The van der Waals surface area contributed by atoms with E-state index in [1.807, 2.05) is 48.5 Å². The van der Waals surface area contributed by atoms with Crippen LogP contribution in [0.4, 0.5) is 0 Å². The van der Waals surface area contributed by atoms with Crippen LogP contribution >= 0.6 is 11.3 Å². The molecule has 2 aromatic carbocycles. The molecule has 0 spiro atoms. The number of rotatable bonds is 3. The van der Waals surface area contributed by atoms with E-state index in [0.29, 0.717) is 23.1 Å². The first-order valence-corrected chi connectivity index (χ1v) is 8.88. The molecular formula is C18H14N4O3S. The molecule has 4 aromatic rings. The number of aromatic nitrogens is 4. The van der Waals surface area contributed by atoms with E-state index in [0.717, 1.165) is 22.1 Å². The summed E-state index contributed by atoms with van der Waals surface area (Å²) in [6, 6.07) is 15.4. The van der Waals surface area contributed by atoms with Gasteiger partial charge in [0.25, 0.3) is 0 Å². The minimum Gasteiger partial charge on any atom is -0.497 e. The first kappa shape index (κ1) is 15.2. The maximum Gasteiger partial charge on any atom is 0.235 e. The second kappa shape index (κ2) is 5.99. The van der Waals surface area contributed by atoms with Gasteiger partial charge in [-0.25, -0.2) is 0 Å². The Labute approximate surface area is 152 Å². The van der Waals surface area contributed by atoms with Crippen LogP contribution in [-0.2, 0) is 0 Å². The van der Waals surface area contributed by atoms with Gasteiger partial charge < -0.3 is 14.2 Å². The largest absolute Gasteiger partial charge is 0.497 e. The van der Waals surface area contributed by atoms with Crippen LogP contribution < -0.4 is 14.2 Å². The third-order valence-electron chi connectivity index (χ3n) is 4.13. The SMILES string of the molecule is COc1cccc(-c2nn3c([C@H]4COc5ccccc5O4)nnc3s2)c1. The van der Waals surface area contributed by atoms with Gasteiger partial charge in [0.15, 0.2) is 23.4 Å². The Morgan fingerprint density at radius 2 is 2.00 bits per heavy atom. The summed E-state index contributed by atoms with van der Waals surface area (Å²) in [5.74, 6) is 2.85. The molecule has 8 heteroatoms. The first-order valence-electron chi connectivity index (χ1n) is 8.07. The molecular weight excluding hydrogens is 352 g/mol. The lowest BCUT2D eigenvalue weighted by molar-refractivity contribution is 0.0836. The van der Waals surface area contributed by atoms with Crippen molar-refractivity contribution in [3.05, 3.63) is 54.4 Å². The fourth-order valence-electron chi connectivity index (χ4n) is 2.85. The summed E-state index contributed by atoms with van der Waals surface area (Å²) in [6.07, 6.45) is -0.361. The number of benzene rings is 2. The lowest BCUT2D eigenvalue weighted by Crippen LogP contribution is -2.23. The average molecular weight is 366 g/mol. The number of hydrogen-bond acceptors (Lipinski definition) is 7. The fraction of sp³-hybridized carbons (Fsp3) is 0.167. The third-order valence-corrected chi connectivity index (χ3v) is 5.08. The summed E-state index contributed by atoms with van der Waals surface area (Å²) in [6.45, 7) is 0.365. The fourth-order valence-corrected chi connectivity index (χ4v) is 3.70. The van der Waals surface area contributed by atoms with Gasteiger partial charge in [-0.15, -0.1) is 10.2 Å². The number of nitrogens with zero attached hydrogens (tertiary/aromatic N) is 4. The van der Waals surface area contributed by atoms with Crippen molar-refractivity contribution in [3.63, 3.8) is 0 Å².